The lowest BCUT2D eigenvalue weighted by atomic mass is 10.2. The highest BCUT2D eigenvalue weighted by Gasteiger charge is 2.00. The Morgan fingerprint density at radius 3 is 2.29 bits per heavy atom. The predicted octanol–water partition coefficient (Wildman–Crippen LogP) is 3.71. The van der Waals surface area contributed by atoms with Crippen molar-refractivity contribution in [3.8, 4) is 0 Å². The number of hydrogen-bond acceptors (Lipinski definition) is 1. The Balaban J connectivity index is 2.11. The molecule has 2 nitrogen and oxygen atoms in total. The molecule has 0 bridgehead atoms. The lowest BCUT2D eigenvalue weighted by Gasteiger charge is -1.95. The molecule has 2 rings (SSSR count). The Labute approximate surface area is 108 Å². The minimum atomic E-state index is -0.228. The fraction of sp³-hybridized carbons (Fsp3) is 0. The lowest BCUT2D eigenvalue weighted by molar-refractivity contribution is 0.100. The third-order valence-corrected chi connectivity index (χ3v) is 2.75. The van der Waals surface area contributed by atoms with Crippen LogP contribution >= 0.6 is 15.9 Å². The van der Waals surface area contributed by atoms with Crippen LogP contribution in [0, 0.1) is 0 Å². The molecule has 3 heteroatoms. The van der Waals surface area contributed by atoms with E-state index in [-0.39, 0.29) is 5.91 Å². The fourth-order valence-corrected chi connectivity index (χ4v) is 1.60. The van der Waals surface area contributed by atoms with Gasteiger partial charge in [0.05, 0.1) is 0 Å². The van der Waals surface area contributed by atoms with E-state index < -0.39 is 0 Å². The van der Waals surface area contributed by atoms with E-state index in [0.717, 1.165) is 10.0 Å². The largest absolute Gasteiger partial charge is 0.276 e. The van der Waals surface area contributed by atoms with E-state index in [0.29, 0.717) is 5.56 Å². The summed E-state index contributed by atoms with van der Waals surface area (Å²) in [6.45, 7) is 0. The highest BCUT2D eigenvalue weighted by atomic mass is 79.9. The summed E-state index contributed by atoms with van der Waals surface area (Å²) in [6, 6.07) is 16.6. The third-order valence-electron chi connectivity index (χ3n) is 2.22. The molecule has 0 heterocycles. The van der Waals surface area contributed by atoms with Gasteiger partial charge in [-0.15, -0.1) is 0 Å². The van der Waals surface area contributed by atoms with Gasteiger partial charge in [0, 0.05) is 16.3 Å². The average Bonchev–Trinajstić information content (AvgIpc) is 2.39. The molecule has 0 spiro atoms. The average molecular weight is 288 g/mol. The van der Waals surface area contributed by atoms with Gasteiger partial charge in [0.15, 0.2) is 0 Å². The van der Waals surface area contributed by atoms with Crippen molar-refractivity contribution in [2.75, 3.05) is 0 Å². The summed E-state index contributed by atoms with van der Waals surface area (Å²) in [5.74, 6) is -0.228. The van der Waals surface area contributed by atoms with Gasteiger partial charge in [-0.05, 0) is 29.8 Å². The van der Waals surface area contributed by atoms with E-state index in [1.165, 1.54) is 0 Å². The molecule has 0 saturated heterocycles. The monoisotopic (exact) mass is 287 g/mol. The van der Waals surface area contributed by atoms with E-state index in [4.69, 9.17) is 0 Å². The summed E-state index contributed by atoms with van der Waals surface area (Å²) in [5.41, 5.74) is 1.50. The highest BCUT2D eigenvalue weighted by Crippen LogP contribution is 2.09. The first-order valence-corrected chi connectivity index (χ1v) is 5.94. The number of halogens is 1. The molecule has 0 aliphatic heterocycles. The van der Waals surface area contributed by atoms with Gasteiger partial charge < -0.3 is 0 Å². The maximum Gasteiger partial charge on any atom is 0.276 e. The van der Waals surface area contributed by atoms with Crippen LogP contribution in [-0.2, 0) is 0 Å². The van der Waals surface area contributed by atoms with Crippen LogP contribution in [0.25, 0.3) is 0 Å². The van der Waals surface area contributed by atoms with Crippen molar-refractivity contribution in [2.45, 2.75) is 0 Å². The molecule has 17 heavy (non-hydrogen) atoms. The molecule has 2 aromatic carbocycles. The molecule has 84 valence electrons. The second-order valence-corrected chi connectivity index (χ2v) is 4.40. The molecule has 0 radical (unpaired) electrons. The summed E-state index contributed by atoms with van der Waals surface area (Å²) >= 11 is 3.35. The maximum atomic E-state index is 11.7. The zero-order valence-corrected chi connectivity index (χ0v) is 10.6. The van der Waals surface area contributed by atoms with Crippen LogP contribution < -0.4 is 0 Å². The zero-order valence-electron chi connectivity index (χ0n) is 9.01. The van der Waals surface area contributed by atoms with Gasteiger partial charge in [0.1, 0.15) is 0 Å². The molecule has 0 aromatic heterocycles. The second kappa shape index (κ2) is 5.55. The van der Waals surface area contributed by atoms with Crippen LogP contribution in [0.3, 0.4) is 0 Å². The molecule has 0 N–H and O–H groups in total. The first-order chi connectivity index (χ1) is 8.25. The van der Waals surface area contributed by atoms with Crippen LogP contribution in [0.15, 0.2) is 64.1 Å². The summed E-state index contributed by atoms with van der Waals surface area (Å²) in [7, 11) is 0. The standard InChI is InChI=1S/C14H10BrNO/c15-13-8-6-11(7-9-13)10-16-14(17)12-4-2-1-3-5-12/h1-10H. The minimum absolute atomic E-state index is 0.228. The number of nitrogens with zero attached hydrogens (tertiary/aromatic N) is 1. The van der Waals surface area contributed by atoms with Crippen molar-refractivity contribution in [1.29, 1.82) is 0 Å². The van der Waals surface area contributed by atoms with Crippen molar-refractivity contribution in [3.05, 3.63) is 70.2 Å². The molecule has 0 aliphatic rings. The highest BCUT2D eigenvalue weighted by molar-refractivity contribution is 9.10. The molecule has 0 saturated carbocycles. The second-order valence-electron chi connectivity index (χ2n) is 3.48. The van der Waals surface area contributed by atoms with Crippen LogP contribution in [0.5, 0.6) is 0 Å². The van der Waals surface area contributed by atoms with Crippen LogP contribution in [0.1, 0.15) is 15.9 Å². The lowest BCUT2D eigenvalue weighted by Crippen LogP contribution is -1.95. The van der Waals surface area contributed by atoms with E-state index in [1.54, 1.807) is 18.3 Å². The molecule has 1 amide bonds. The molecule has 2 aromatic rings. The predicted molar refractivity (Wildman–Crippen MR) is 72.5 cm³/mol. The van der Waals surface area contributed by atoms with Gasteiger partial charge in [-0.25, -0.2) is 4.99 Å². The number of aliphatic imine (C=N–C) groups is 1. The van der Waals surface area contributed by atoms with Gasteiger partial charge in [-0.2, -0.15) is 0 Å². The van der Waals surface area contributed by atoms with Crippen molar-refractivity contribution < 1.29 is 4.79 Å². The minimum Gasteiger partial charge on any atom is -0.267 e. The van der Waals surface area contributed by atoms with Gasteiger partial charge in [0.25, 0.3) is 5.91 Å². The van der Waals surface area contributed by atoms with Gasteiger partial charge in [0.2, 0.25) is 0 Å². The summed E-state index contributed by atoms with van der Waals surface area (Å²) in [4.78, 5) is 15.6. The number of amides is 1. The van der Waals surface area contributed by atoms with E-state index in [1.807, 2.05) is 42.5 Å². The van der Waals surface area contributed by atoms with E-state index in [9.17, 15) is 4.79 Å². The Hall–Kier alpha value is -1.74. The maximum absolute atomic E-state index is 11.7. The normalized spacial score (nSPS) is 10.6. The Morgan fingerprint density at radius 2 is 1.65 bits per heavy atom. The summed E-state index contributed by atoms with van der Waals surface area (Å²) in [6.07, 6.45) is 1.57. The quantitative estimate of drug-likeness (QED) is 0.775. The SMILES string of the molecule is O=C(N=Cc1ccc(Br)cc1)c1ccccc1. The molecule has 0 aliphatic carbocycles. The van der Waals surface area contributed by atoms with Crippen molar-refractivity contribution in [3.63, 3.8) is 0 Å². The number of carbonyl (C=O) groups is 1. The number of hydrogen-bond donors (Lipinski definition) is 0. The summed E-state index contributed by atoms with van der Waals surface area (Å²) in [5, 5.41) is 0. The number of carbonyl (C=O) groups excluding carboxylic acids is 1. The molecule has 0 unspecified atom stereocenters. The van der Waals surface area contributed by atoms with Gasteiger partial charge in [-0.1, -0.05) is 46.3 Å². The van der Waals surface area contributed by atoms with E-state index in [2.05, 4.69) is 20.9 Å². The Morgan fingerprint density at radius 1 is 1.00 bits per heavy atom. The van der Waals surface area contributed by atoms with Crippen molar-refractivity contribution >= 4 is 28.1 Å². The molecule has 0 atom stereocenters. The first kappa shape index (κ1) is 11.7. The molecular weight excluding hydrogens is 278 g/mol. The van der Waals surface area contributed by atoms with Crippen molar-refractivity contribution in [2.24, 2.45) is 4.99 Å². The van der Waals surface area contributed by atoms with Crippen LogP contribution in [0.2, 0.25) is 0 Å². The Bertz CT molecular complexity index is 532. The van der Waals surface area contributed by atoms with E-state index >= 15 is 0 Å². The smallest absolute Gasteiger partial charge is 0.267 e. The molecular formula is C14H10BrNO. The Kier molecular flexibility index (Phi) is 3.83. The van der Waals surface area contributed by atoms with Crippen LogP contribution in [0.4, 0.5) is 0 Å². The third kappa shape index (κ3) is 3.36. The molecule has 0 fully saturated rings. The van der Waals surface area contributed by atoms with Gasteiger partial charge >= 0.3 is 0 Å². The first-order valence-electron chi connectivity index (χ1n) is 5.15. The topological polar surface area (TPSA) is 29.4 Å². The fourth-order valence-electron chi connectivity index (χ4n) is 1.34. The number of rotatable bonds is 2. The zero-order chi connectivity index (χ0) is 12.1. The van der Waals surface area contributed by atoms with Gasteiger partial charge in [-0.3, -0.25) is 4.79 Å². The summed E-state index contributed by atoms with van der Waals surface area (Å²) < 4.78 is 1.00. The number of benzene rings is 2. The van der Waals surface area contributed by atoms with Crippen LogP contribution in [-0.4, -0.2) is 12.1 Å². The van der Waals surface area contributed by atoms with Crippen molar-refractivity contribution in [1.82, 2.24) is 0 Å².